The first-order valence-electron chi connectivity index (χ1n) is 6.07. The van der Waals surface area contributed by atoms with Gasteiger partial charge in [-0.05, 0) is 30.3 Å². The van der Waals surface area contributed by atoms with Crippen molar-refractivity contribution < 1.29 is 13.9 Å². The smallest absolute Gasteiger partial charge is 0.291 e. The van der Waals surface area contributed by atoms with Gasteiger partial charge in [-0.1, -0.05) is 0 Å². The number of nitrogens with one attached hydrogen (secondary N) is 1. The van der Waals surface area contributed by atoms with E-state index in [1.165, 1.54) is 6.26 Å². The van der Waals surface area contributed by atoms with Gasteiger partial charge in [-0.15, -0.1) is 0 Å². The van der Waals surface area contributed by atoms with Crippen LogP contribution < -0.4 is 15.0 Å². The van der Waals surface area contributed by atoms with Gasteiger partial charge < -0.3 is 19.4 Å². The fraction of sp³-hybridized carbons (Fsp3) is 0.214. The summed E-state index contributed by atoms with van der Waals surface area (Å²) < 4.78 is 10.6. The molecule has 1 aromatic heterocycles. The average molecular weight is 258 g/mol. The predicted octanol–water partition coefficient (Wildman–Crippen LogP) is 2.36. The number of carbonyl (C=O) groups is 1. The first-order chi connectivity index (χ1) is 9.24. The molecule has 0 aliphatic carbocycles. The third kappa shape index (κ3) is 2.27. The van der Waals surface area contributed by atoms with Crippen LogP contribution >= 0.6 is 0 Å². The lowest BCUT2D eigenvalue weighted by Gasteiger charge is -2.28. The van der Waals surface area contributed by atoms with Gasteiger partial charge in [0, 0.05) is 12.7 Å². The fourth-order valence-corrected chi connectivity index (χ4v) is 2.03. The number of benzene rings is 1. The molecule has 0 fully saturated rings. The van der Waals surface area contributed by atoms with Gasteiger partial charge in [-0.2, -0.15) is 0 Å². The zero-order chi connectivity index (χ0) is 13.2. The molecule has 0 radical (unpaired) electrons. The summed E-state index contributed by atoms with van der Waals surface area (Å²) in [7, 11) is 2.00. The van der Waals surface area contributed by atoms with Crippen molar-refractivity contribution in [3.8, 4) is 5.75 Å². The Morgan fingerprint density at radius 1 is 1.37 bits per heavy atom. The lowest BCUT2D eigenvalue weighted by atomic mass is 10.2. The Morgan fingerprint density at radius 2 is 2.26 bits per heavy atom. The highest BCUT2D eigenvalue weighted by Gasteiger charge is 2.16. The molecule has 0 saturated heterocycles. The minimum absolute atomic E-state index is 0.260. The lowest BCUT2D eigenvalue weighted by Crippen LogP contribution is -2.28. The Morgan fingerprint density at radius 3 is 3.05 bits per heavy atom. The second kappa shape index (κ2) is 4.68. The number of nitrogens with zero attached hydrogens (tertiary/aromatic N) is 1. The second-order valence-electron chi connectivity index (χ2n) is 4.38. The molecule has 0 saturated carbocycles. The van der Waals surface area contributed by atoms with E-state index >= 15 is 0 Å². The maximum atomic E-state index is 11.9. The predicted molar refractivity (Wildman–Crippen MR) is 71.9 cm³/mol. The number of likely N-dealkylation sites (N-methyl/N-ethyl adjacent to an activating group) is 1. The highest BCUT2D eigenvalue weighted by Crippen LogP contribution is 2.33. The van der Waals surface area contributed by atoms with Crippen molar-refractivity contribution in [1.29, 1.82) is 0 Å². The van der Waals surface area contributed by atoms with Gasteiger partial charge >= 0.3 is 0 Å². The Hall–Kier alpha value is -2.43. The van der Waals surface area contributed by atoms with Crippen molar-refractivity contribution in [3.63, 3.8) is 0 Å². The van der Waals surface area contributed by atoms with Crippen LogP contribution in [-0.2, 0) is 0 Å². The molecule has 19 heavy (non-hydrogen) atoms. The second-order valence-corrected chi connectivity index (χ2v) is 4.38. The van der Waals surface area contributed by atoms with E-state index in [0.717, 1.165) is 23.7 Å². The van der Waals surface area contributed by atoms with Crippen molar-refractivity contribution in [2.24, 2.45) is 0 Å². The summed E-state index contributed by atoms with van der Waals surface area (Å²) in [4.78, 5) is 14.0. The molecule has 1 aliphatic heterocycles. The molecule has 98 valence electrons. The van der Waals surface area contributed by atoms with E-state index in [0.29, 0.717) is 12.4 Å². The minimum Gasteiger partial charge on any atom is -0.490 e. The Bertz CT molecular complexity index is 593. The molecule has 1 N–H and O–H groups in total. The van der Waals surface area contributed by atoms with Crippen LogP contribution in [0.15, 0.2) is 41.0 Å². The van der Waals surface area contributed by atoms with E-state index in [1.54, 1.807) is 12.1 Å². The molecule has 5 nitrogen and oxygen atoms in total. The van der Waals surface area contributed by atoms with Gasteiger partial charge in [0.2, 0.25) is 0 Å². The maximum Gasteiger partial charge on any atom is 0.291 e. The zero-order valence-corrected chi connectivity index (χ0v) is 10.6. The number of hydrogen-bond donors (Lipinski definition) is 1. The summed E-state index contributed by atoms with van der Waals surface area (Å²) >= 11 is 0. The van der Waals surface area contributed by atoms with Crippen molar-refractivity contribution in [2.75, 3.05) is 30.4 Å². The SMILES string of the molecule is CN1CCOc2ccc(NC(=O)c3ccco3)cc21. The molecule has 2 aromatic rings. The number of ether oxygens (including phenoxy) is 1. The molecule has 2 heterocycles. The Kier molecular flexibility index (Phi) is 2.87. The first kappa shape index (κ1) is 11.6. The van der Waals surface area contributed by atoms with E-state index in [9.17, 15) is 4.79 Å². The summed E-state index contributed by atoms with van der Waals surface area (Å²) in [6, 6.07) is 8.89. The number of carbonyl (C=O) groups excluding carboxylic acids is 1. The topological polar surface area (TPSA) is 54.7 Å². The van der Waals surface area contributed by atoms with Crippen LogP contribution in [0.5, 0.6) is 5.75 Å². The molecule has 5 heteroatoms. The molecule has 0 atom stereocenters. The van der Waals surface area contributed by atoms with E-state index in [2.05, 4.69) is 10.2 Å². The molecule has 0 spiro atoms. The van der Waals surface area contributed by atoms with Crippen LogP contribution in [0.25, 0.3) is 0 Å². The summed E-state index contributed by atoms with van der Waals surface area (Å²) in [5, 5.41) is 2.80. The number of amides is 1. The molecule has 0 bridgehead atoms. The number of fused-ring (bicyclic) bond motifs is 1. The summed E-state index contributed by atoms with van der Waals surface area (Å²) in [6.45, 7) is 1.52. The zero-order valence-electron chi connectivity index (χ0n) is 10.6. The summed E-state index contributed by atoms with van der Waals surface area (Å²) in [5.41, 5.74) is 1.70. The van der Waals surface area contributed by atoms with Crippen LogP contribution in [0, 0.1) is 0 Å². The van der Waals surface area contributed by atoms with E-state index in [-0.39, 0.29) is 5.91 Å². The quantitative estimate of drug-likeness (QED) is 0.898. The van der Waals surface area contributed by atoms with Gasteiger partial charge in [0.1, 0.15) is 12.4 Å². The van der Waals surface area contributed by atoms with Gasteiger partial charge in [0.05, 0.1) is 18.5 Å². The largest absolute Gasteiger partial charge is 0.490 e. The molecule has 1 amide bonds. The summed E-state index contributed by atoms with van der Waals surface area (Å²) in [5.74, 6) is 0.872. The Labute approximate surface area is 110 Å². The number of furan rings is 1. The molecule has 1 aromatic carbocycles. The van der Waals surface area contributed by atoms with Crippen molar-refractivity contribution in [2.45, 2.75) is 0 Å². The third-order valence-electron chi connectivity index (χ3n) is 3.06. The normalized spacial score (nSPS) is 13.6. The van der Waals surface area contributed by atoms with E-state index in [4.69, 9.17) is 9.15 Å². The van der Waals surface area contributed by atoms with Crippen molar-refractivity contribution >= 4 is 17.3 Å². The number of anilines is 2. The van der Waals surface area contributed by atoms with Gasteiger partial charge in [-0.3, -0.25) is 4.79 Å². The van der Waals surface area contributed by atoms with Crippen LogP contribution in [-0.4, -0.2) is 26.1 Å². The van der Waals surface area contributed by atoms with E-state index < -0.39 is 0 Å². The van der Waals surface area contributed by atoms with Crippen LogP contribution in [0.3, 0.4) is 0 Å². The fourth-order valence-electron chi connectivity index (χ4n) is 2.03. The van der Waals surface area contributed by atoms with Gasteiger partial charge in [0.25, 0.3) is 5.91 Å². The number of hydrogen-bond acceptors (Lipinski definition) is 4. The third-order valence-corrected chi connectivity index (χ3v) is 3.06. The highest BCUT2D eigenvalue weighted by atomic mass is 16.5. The monoisotopic (exact) mass is 258 g/mol. The van der Waals surface area contributed by atoms with Crippen molar-refractivity contribution in [1.82, 2.24) is 0 Å². The van der Waals surface area contributed by atoms with Crippen LogP contribution in [0.4, 0.5) is 11.4 Å². The van der Waals surface area contributed by atoms with Gasteiger partial charge in [0.15, 0.2) is 5.76 Å². The number of rotatable bonds is 2. The standard InChI is InChI=1S/C14H14N2O3/c1-16-6-8-19-12-5-4-10(9-11(12)16)15-14(17)13-3-2-7-18-13/h2-5,7,9H,6,8H2,1H3,(H,15,17). The molecule has 0 unspecified atom stereocenters. The van der Waals surface area contributed by atoms with Crippen LogP contribution in [0.1, 0.15) is 10.6 Å². The first-order valence-corrected chi connectivity index (χ1v) is 6.07. The molecule has 1 aliphatic rings. The molecular formula is C14H14N2O3. The molecule has 3 rings (SSSR count). The Balaban J connectivity index is 1.82. The maximum absolute atomic E-state index is 11.9. The van der Waals surface area contributed by atoms with E-state index in [1.807, 2.05) is 25.2 Å². The van der Waals surface area contributed by atoms with Gasteiger partial charge in [-0.25, -0.2) is 0 Å². The minimum atomic E-state index is -0.260. The summed E-state index contributed by atoms with van der Waals surface area (Å²) in [6.07, 6.45) is 1.48. The lowest BCUT2D eigenvalue weighted by molar-refractivity contribution is 0.0996. The van der Waals surface area contributed by atoms with Crippen LogP contribution in [0.2, 0.25) is 0 Å². The highest BCUT2D eigenvalue weighted by molar-refractivity contribution is 6.02. The molecular weight excluding hydrogens is 244 g/mol. The average Bonchev–Trinajstić information content (AvgIpc) is 2.94. The van der Waals surface area contributed by atoms with Crippen molar-refractivity contribution in [3.05, 3.63) is 42.4 Å².